The van der Waals surface area contributed by atoms with Crippen molar-refractivity contribution in [3.63, 3.8) is 0 Å². The van der Waals surface area contributed by atoms with Gasteiger partial charge in [0.05, 0.1) is 19.2 Å². The summed E-state index contributed by atoms with van der Waals surface area (Å²) in [6.45, 7) is 2.47. The second-order valence-corrected chi connectivity index (χ2v) is 7.32. The smallest absolute Gasteiger partial charge is 0.278 e. The van der Waals surface area contributed by atoms with Crippen LogP contribution in [0.15, 0.2) is 84.6 Å². The maximum atomic E-state index is 13.6. The minimum absolute atomic E-state index is 0.0716. The third-order valence-electron chi connectivity index (χ3n) is 5.45. The molecule has 3 aromatic rings. The molecule has 0 N–H and O–H groups in total. The minimum atomic E-state index is -0.420. The van der Waals surface area contributed by atoms with E-state index in [0.29, 0.717) is 17.9 Å². The Bertz CT molecular complexity index is 1170. The van der Waals surface area contributed by atoms with Crippen molar-refractivity contribution in [1.82, 2.24) is 4.90 Å². The molecule has 1 heterocycles. The number of likely N-dealkylation sites (N-methyl/N-ethyl adjacent to an activating group) is 1. The Morgan fingerprint density at radius 3 is 2.19 bits per heavy atom. The Balaban J connectivity index is 1.82. The van der Waals surface area contributed by atoms with Crippen molar-refractivity contribution in [2.75, 3.05) is 18.6 Å². The average molecular weight is 430 g/mol. The maximum Gasteiger partial charge on any atom is 0.278 e. The van der Waals surface area contributed by atoms with Crippen LogP contribution in [0.2, 0.25) is 0 Å². The highest BCUT2D eigenvalue weighted by molar-refractivity contribution is 6.36. The van der Waals surface area contributed by atoms with Crippen LogP contribution in [-0.4, -0.2) is 30.4 Å². The molecule has 1 aliphatic heterocycles. The summed E-state index contributed by atoms with van der Waals surface area (Å²) in [4.78, 5) is 30.2. The monoisotopic (exact) mass is 430 g/mol. The molecule has 0 atom stereocenters. The van der Waals surface area contributed by atoms with Crippen LogP contribution < -0.4 is 9.64 Å². The zero-order valence-electron chi connectivity index (χ0n) is 17.9. The molecule has 0 saturated carbocycles. The summed E-state index contributed by atoms with van der Waals surface area (Å²) in [6.07, 6.45) is 0. The van der Waals surface area contributed by atoms with Gasteiger partial charge in [-0.1, -0.05) is 48.5 Å². The number of hydrogen-bond donors (Lipinski definition) is 0. The van der Waals surface area contributed by atoms with Gasteiger partial charge in [0.25, 0.3) is 11.8 Å². The molecule has 5 nitrogen and oxygen atoms in total. The number of carbonyl (C=O) groups excluding carboxylic acids is 2. The number of halogens is 1. The zero-order valence-corrected chi connectivity index (χ0v) is 17.9. The lowest BCUT2D eigenvalue weighted by molar-refractivity contribution is -0.137. The number of benzene rings is 3. The van der Waals surface area contributed by atoms with Crippen LogP contribution in [0.25, 0.3) is 5.57 Å². The van der Waals surface area contributed by atoms with Crippen LogP contribution in [0.1, 0.15) is 18.1 Å². The van der Waals surface area contributed by atoms with Crippen LogP contribution in [0.5, 0.6) is 5.75 Å². The Morgan fingerprint density at radius 2 is 1.53 bits per heavy atom. The molecule has 0 radical (unpaired) electrons. The Morgan fingerprint density at radius 1 is 0.875 bits per heavy atom. The third kappa shape index (κ3) is 3.87. The molecule has 0 fully saturated rings. The largest absolute Gasteiger partial charge is 0.496 e. The second-order valence-electron chi connectivity index (χ2n) is 7.32. The highest BCUT2D eigenvalue weighted by atomic mass is 19.1. The lowest BCUT2D eigenvalue weighted by Gasteiger charge is -2.25. The van der Waals surface area contributed by atoms with E-state index >= 15 is 0 Å². The van der Waals surface area contributed by atoms with Crippen molar-refractivity contribution >= 4 is 23.1 Å². The van der Waals surface area contributed by atoms with Gasteiger partial charge in [-0.05, 0) is 42.8 Å². The topological polar surface area (TPSA) is 49.9 Å². The van der Waals surface area contributed by atoms with Gasteiger partial charge in [-0.25, -0.2) is 4.39 Å². The number of methoxy groups -OCH3 is 1. The number of rotatable bonds is 7. The standard InChI is InChI=1S/C26H23FN2O3/c1-3-28(21-10-5-4-6-11-21)24-23(18-13-15-20(27)16-14-18)25(30)29(26(24)31)17-19-9-7-8-12-22(19)32-2/h4-16H,3,17H2,1-2H3. The molecule has 0 aromatic heterocycles. The van der Waals surface area contributed by atoms with E-state index < -0.39 is 17.6 Å². The van der Waals surface area contributed by atoms with E-state index in [1.807, 2.05) is 60.4 Å². The lowest BCUT2D eigenvalue weighted by atomic mass is 10.0. The lowest BCUT2D eigenvalue weighted by Crippen LogP contribution is -2.35. The molecular formula is C26H23FN2O3. The van der Waals surface area contributed by atoms with Gasteiger partial charge >= 0.3 is 0 Å². The number of amides is 2. The van der Waals surface area contributed by atoms with Crippen LogP contribution in [0.4, 0.5) is 10.1 Å². The van der Waals surface area contributed by atoms with E-state index in [4.69, 9.17) is 4.74 Å². The SMILES string of the molecule is CCN(C1=C(c2ccc(F)cc2)C(=O)N(Cc2ccccc2OC)C1=O)c1ccccc1. The fraction of sp³-hybridized carbons (Fsp3) is 0.154. The number of imide groups is 1. The summed E-state index contributed by atoms with van der Waals surface area (Å²) >= 11 is 0. The van der Waals surface area contributed by atoms with Gasteiger partial charge in [0.1, 0.15) is 17.3 Å². The Kier molecular flexibility index (Phi) is 6.03. The molecule has 32 heavy (non-hydrogen) atoms. The van der Waals surface area contributed by atoms with Crippen molar-refractivity contribution < 1.29 is 18.7 Å². The Hall–Kier alpha value is -3.93. The van der Waals surface area contributed by atoms with Crippen molar-refractivity contribution in [2.24, 2.45) is 0 Å². The van der Waals surface area contributed by atoms with Crippen molar-refractivity contribution in [2.45, 2.75) is 13.5 Å². The molecule has 0 bridgehead atoms. The van der Waals surface area contributed by atoms with Gasteiger partial charge in [-0.15, -0.1) is 0 Å². The molecular weight excluding hydrogens is 407 g/mol. The number of hydrogen-bond acceptors (Lipinski definition) is 4. The summed E-state index contributed by atoms with van der Waals surface area (Å²) in [5.74, 6) is -0.628. The van der Waals surface area contributed by atoms with Gasteiger partial charge in [-0.3, -0.25) is 14.5 Å². The van der Waals surface area contributed by atoms with E-state index in [1.54, 1.807) is 13.2 Å². The number of para-hydroxylation sites is 2. The minimum Gasteiger partial charge on any atom is -0.496 e. The molecule has 1 aliphatic rings. The summed E-state index contributed by atoms with van der Waals surface area (Å²) in [6, 6.07) is 22.3. The van der Waals surface area contributed by atoms with Crippen LogP contribution in [0, 0.1) is 5.82 Å². The van der Waals surface area contributed by atoms with E-state index in [2.05, 4.69) is 0 Å². The average Bonchev–Trinajstić information content (AvgIpc) is 3.06. The molecule has 3 aromatic carbocycles. The molecule has 0 unspecified atom stereocenters. The first-order valence-electron chi connectivity index (χ1n) is 10.4. The van der Waals surface area contributed by atoms with Gasteiger partial charge < -0.3 is 9.64 Å². The van der Waals surface area contributed by atoms with Crippen LogP contribution in [-0.2, 0) is 16.1 Å². The van der Waals surface area contributed by atoms with E-state index in [9.17, 15) is 14.0 Å². The molecule has 6 heteroatoms. The molecule has 0 spiro atoms. The van der Waals surface area contributed by atoms with E-state index in [0.717, 1.165) is 11.3 Å². The Labute approximate surface area is 186 Å². The van der Waals surface area contributed by atoms with Crippen molar-refractivity contribution in [3.05, 3.63) is 102 Å². The number of nitrogens with zero attached hydrogens (tertiary/aromatic N) is 2. The molecule has 0 saturated heterocycles. The summed E-state index contributed by atoms with van der Waals surface area (Å²) < 4.78 is 19.0. The van der Waals surface area contributed by atoms with Crippen molar-refractivity contribution in [3.8, 4) is 5.75 Å². The summed E-state index contributed by atoms with van der Waals surface area (Å²) in [7, 11) is 1.55. The van der Waals surface area contributed by atoms with Crippen LogP contribution >= 0.6 is 0 Å². The second kappa shape index (κ2) is 9.06. The van der Waals surface area contributed by atoms with Gasteiger partial charge in [0.15, 0.2) is 0 Å². The maximum absolute atomic E-state index is 13.6. The van der Waals surface area contributed by atoms with E-state index in [-0.39, 0.29) is 17.8 Å². The number of ether oxygens (including phenoxy) is 1. The predicted octanol–water partition coefficient (Wildman–Crippen LogP) is 4.64. The normalized spacial score (nSPS) is 13.7. The predicted molar refractivity (Wildman–Crippen MR) is 121 cm³/mol. The van der Waals surface area contributed by atoms with Gasteiger partial charge in [-0.2, -0.15) is 0 Å². The van der Waals surface area contributed by atoms with E-state index in [1.165, 1.54) is 29.2 Å². The highest BCUT2D eigenvalue weighted by Gasteiger charge is 2.42. The van der Waals surface area contributed by atoms with Crippen LogP contribution in [0.3, 0.4) is 0 Å². The molecule has 4 rings (SSSR count). The quantitative estimate of drug-likeness (QED) is 0.513. The zero-order chi connectivity index (χ0) is 22.7. The first-order valence-corrected chi connectivity index (χ1v) is 10.4. The number of anilines is 1. The van der Waals surface area contributed by atoms with Gasteiger partial charge in [0.2, 0.25) is 0 Å². The summed E-state index contributed by atoms with van der Waals surface area (Å²) in [5, 5.41) is 0. The third-order valence-corrected chi connectivity index (χ3v) is 5.45. The molecule has 2 amide bonds. The van der Waals surface area contributed by atoms with Gasteiger partial charge in [0, 0.05) is 17.8 Å². The fourth-order valence-electron chi connectivity index (χ4n) is 3.92. The molecule has 0 aliphatic carbocycles. The number of carbonyl (C=O) groups is 2. The van der Waals surface area contributed by atoms with Crippen molar-refractivity contribution in [1.29, 1.82) is 0 Å². The first-order chi connectivity index (χ1) is 15.5. The molecule has 162 valence electrons. The fourth-order valence-corrected chi connectivity index (χ4v) is 3.92. The summed E-state index contributed by atoms with van der Waals surface area (Å²) in [5.41, 5.74) is 2.56. The highest BCUT2D eigenvalue weighted by Crippen LogP contribution is 2.35. The first kappa shape index (κ1) is 21.3.